The van der Waals surface area contributed by atoms with Gasteiger partial charge < -0.3 is 9.47 Å². The van der Waals surface area contributed by atoms with E-state index in [9.17, 15) is 2.74 Å². The summed E-state index contributed by atoms with van der Waals surface area (Å²) >= 11 is 0. The Morgan fingerprint density at radius 3 is 1.80 bits per heavy atom. The van der Waals surface area contributed by atoms with Gasteiger partial charge in [0.1, 0.15) is 0 Å². The van der Waals surface area contributed by atoms with E-state index in [1.165, 1.54) is 10.8 Å². The van der Waals surface area contributed by atoms with Crippen molar-refractivity contribution in [2.24, 2.45) is 0 Å². The lowest BCUT2D eigenvalue weighted by atomic mass is 9.61. The Hall–Kier alpha value is -7.94. The van der Waals surface area contributed by atoms with Crippen LogP contribution in [0.5, 0.6) is 0 Å². The fourth-order valence-corrected chi connectivity index (χ4v) is 10.6. The predicted octanol–water partition coefficient (Wildman–Crippen LogP) is 15.4. The number of benzene rings is 10. The maximum absolute atomic E-state index is 9.67. The van der Waals surface area contributed by atoms with E-state index in [1.54, 1.807) is 0 Å². The fraction of sp³-hybridized carbons (Fsp3) is 0.0169. The number of para-hydroxylation sites is 2. The molecule has 2 nitrogen and oxygen atoms in total. The molecule has 0 bridgehead atoms. The van der Waals surface area contributed by atoms with Crippen molar-refractivity contribution < 1.29 is 5.48 Å². The summed E-state index contributed by atoms with van der Waals surface area (Å²) in [5.41, 5.74) is 14.7. The molecule has 284 valence electrons. The lowest BCUT2D eigenvalue weighted by Crippen LogP contribution is -2.32. The van der Waals surface area contributed by atoms with E-state index < -0.39 is 5.41 Å². The average molecular weight is 779 g/mol. The van der Waals surface area contributed by atoms with Crippen LogP contribution in [0.4, 0.5) is 17.1 Å². The maximum atomic E-state index is 9.67. The molecule has 2 aliphatic carbocycles. The summed E-state index contributed by atoms with van der Waals surface area (Å²) in [5, 5.41) is 4.46. The van der Waals surface area contributed by atoms with Gasteiger partial charge in [-0.3, -0.25) is 0 Å². The van der Waals surface area contributed by atoms with Crippen LogP contribution in [-0.2, 0) is 5.41 Å². The van der Waals surface area contributed by atoms with E-state index in [4.69, 9.17) is 2.74 Å². The molecule has 0 N–H and O–H groups in total. The van der Waals surface area contributed by atoms with Crippen molar-refractivity contribution in [1.29, 1.82) is 0 Å². The van der Waals surface area contributed by atoms with Crippen LogP contribution in [0, 0.1) is 0 Å². The molecule has 0 radical (unpaired) electrons. The number of fused-ring (bicyclic) bond motifs is 12. The van der Waals surface area contributed by atoms with Gasteiger partial charge in [-0.2, -0.15) is 0 Å². The maximum Gasteiger partial charge on any atom is 0.0725 e. The molecule has 0 amide bonds. The van der Waals surface area contributed by atoms with Crippen LogP contribution in [-0.4, -0.2) is 4.57 Å². The first-order valence-electron chi connectivity index (χ1n) is 22.9. The van der Waals surface area contributed by atoms with Crippen molar-refractivity contribution in [1.82, 2.24) is 4.57 Å². The normalized spacial score (nSPS) is 15.5. The minimum atomic E-state index is -1.01. The van der Waals surface area contributed by atoms with Gasteiger partial charge in [0.25, 0.3) is 0 Å². The van der Waals surface area contributed by atoms with Crippen molar-refractivity contribution in [2.45, 2.75) is 5.41 Å². The molecule has 1 atom stereocenters. The van der Waals surface area contributed by atoms with Crippen molar-refractivity contribution in [3.63, 3.8) is 0 Å². The van der Waals surface area contributed by atoms with Crippen LogP contribution in [0.2, 0.25) is 0 Å². The number of anilines is 3. The number of nitrogens with zero attached hydrogens (tertiary/aromatic N) is 2. The van der Waals surface area contributed by atoms with Gasteiger partial charge in [-0.15, -0.1) is 0 Å². The fourth-order valence-electron chi connectivity index (χ4n) is 10.6. The van der Waals surface area contributed by atoms with Gasteiger partial charge in [0.15, 0.2) is 0 Å². The summed E-state index contributed by atoms with van der Waals surface area (Å²) < 4.78 is 39.2. The van der Waals surface area contributed by atoms with E-state index >= 15 is 0 Å². The first-order valence-corrected chi connectivity index (χ1v) is 20.9. The lowest BCUT2D eigenvalue weighted by Gasteiger charge is -2.40. The van der Waals surface area contributed by atoms with Gasteiger partial charge in [-0.25, -0.2) is 0 Å². The van der Waals surface area contributed by atoms with E-state index in [-0.39, 0.29) is 24.2 Å². The lowest BCUT2D eigenvalue weighted by molar-refractivity contribution is 0.773. The van der Waals surface area contributed by atoms with Crippen LogP contribution >= 0.6 is 0 Å². The second kappa shape index (κ2) is 13.0. The molecule has 0 saturated heterocycles. The Morgan fingerprint density at radius 2 is 1.00 bits per heavy atom. The highest BCUT2D eigenvalue weighted by Gasteiger charge is 2.50. The predicted molar refractivity (Wildman–Crippen MR) is 255 cm³/mol. The summed E-state index contributed by atoms with van der Waals surface area (Å²) in [4.78, 5) is 2.37. The molecule has 0 fully saturated rings. The number of hydrogen-bond donors (Lipinski definition) is 0. The van der Waals surface area contributed by atoms with Crippen molar-refractivity contribution in [3.05, 3.63) is 253 Å². The molecule has 1 heterocycles. The standard InChI is InChI=1S/C59H38N2/c1-3-16-39(17-4-1)40-30-32-42(33-31-40)60(43-34-35-48-47-23-10-14-29-55(47)61(57(48)38-43)41-18-5-2-6-19-41)56-37-36-54-58-49(24-15-25-50(56)58)46-22-9-13-28-53(46)59(54)51-26-11-7-20-44(51)45-21-8-12-27-52(45)59/h1-38H/i7D,11D,20D,26D. The topological polar surface area (TPSA) is 8.17 Å². The van der Waals surface area contributed by atoms with Gasteiger partial charge >= 0.3 is 0 Å². The molecule has 61 heavy (non-hydrogen) atoms. The van der Waals surface area contributed by atoms with Gasteiger partial charge in [-0.05, 0) is 110 Å². The molecule has 0 saturated carbocycles. The van der Waals surface area contributed by atoms with Crippen LogP contribution in [0.15, 0.2) is 230 Å². The van der Waals surface area contributed by atoms with E-state index in [2.05, 4.69) is 191 Å². The first kappa shape index (κ1) is 30.2. The molecule has 1 aromatic heterocycles. The molecule has 1 unspecified atom stereocenters. The molecule has 11 aromatic rings. The van der Waals surface area contributed by atoms with Gasteiger partial charge in [-0.1, -0.05) is 182 Å². The molecule has 0 aliphatic heterocycles. The minimum absolute atomic E-state index is 0.00847. The van der Waals surface area contributed by atoms with E-state index in [0.717, 1.165) is 89.1 Å². The van der Waals surface area contributed by atoms with Crippen molar-refractivity contribution in [3.8, 4) is 39.1 Å². The average Bonchev–Trinajstić information content (AvgIpc) is 3.86. The van der Waals surface area contributed by atoms with Gasteiger partial charge in [0.05, 0.1) is 27.6 Å². The van der Waals surface area contributed by atoms with Crippen LogP contribution in [0.25, 0.3) is 71.6 Å². The molecule has 10 aromatic carbocycles. The largest absolute Gasteiger partial charge is 0.310 e. The molecule has 13 rings (SSSR count). The third-order valence-electron chi connectivity index (χ3n) is 13.1. The summed E-state index contributed by atoms with van der Waals surface area (Å²) in [6.45, 7) is 0. The Balaban J connectivity index is 1.12. The smallest absolute Gasteiger partial charge is 0.0725 e. The molecule has 2 aliphatic rings. The van der Waals surface area contributed by atoms with Crippen LogP contribution in [0.1, 0.15) is 27.7 Å². The zero-order valence-corrected chi connectivity index (χ0v) is 33.0. The van der Waals surface area contributed by atoms with Gasteiger partial charge in [0, 0.05) is 33.2 Å². The van der Waals surface area contributed by atoms with E-state index in [0.29, 0.717) is 11.1 Å². The van der Waals surface area contributed by atoms with E-state index in [1.807, 2.05) is 24.3 Å². The quantitative estimate of drug-likeness (QED) is 0.169. The second-order valence-corrected chi connectivity index (χ2v) is 16.1. The zero-order chi connectivity index (χ0) is 43.6. The Kier molecular flexibility index (Phi) is 6.44. The highest BCUT2D eigenvalue weighted by molar-refractivity contribution is 6.14. The SMILES string of the molecule is [2H]c1c([2H])c([2H])c2c(c1[2H])-c1ccccc1C21c2ccccc2-c2cccc3c(N(c4ccc(-c5ccccc5)cc4)c4ccc5c6ccccc6n(-c6ccccc6)c5c4)ccc1c23. The molecular formula is C59H38N2. The third kappa shape index (κ3) is 4.73. The number of hydrogen-bond acceptors (Lipinski definition) is 1. The summed E-state index contributed by atoms with van der Waals surface area (Å²) in [6, 6.07) is 72.5. The number of aromatic nitrogens is 1. The van der Waals surface area contributed by atoms with Crippen LogP contribution in [0.3, 0.4) is 0 Å². The Morgan fingerprint density at radius 1 is 0.393 bits per heavy atom. The van der Waals surface area contributed by atoms with Gasteiger partial charge in [0.2, 0.25) is 0 Å². The second-order valence-electron chi connectivity index (χ2n) is 16.1. The Labute approximate surface area is 360 Å². The third-order valence-corrected chi connectivity index (χ3v) is 13.1. The van der Waals surface area contributed by atoms with Crippen LogP contribution < -0.4 is 4.90 Å². The Bertz CT molecular complexity index is 3770. The number of rotatable bonds is 5. The highest BCUT2D eigenvalue weighted by atomic mass is 15.1. The summed E-state index contributed by atoms with van der Waals surface area (Å²) in [6.07, 6.45) is 0. The monoisotopic (exact) mass is 778 g/mol. The highest BCUT2D eigenvalue weighted by Crippen LogP contribution is 2.62. The molecule has 1 spiro atoms. The van der Waals surface area contributed by atoms with Crippen molar-refractivity contribution >= 4 is 49.6 Å². The first-order chi connectivity index (χ1) is 31.9. The summed E-state index contributed by atoms with van der Waals surface area (Å²) in [7, 11) is 0. The minimum Gasteiger partial charge on any atom is -0.310 e. The summed E-state index contributed by atoms with van der Waals surface area (Å²) in [5.74, 6) is 0. The molecule has 2 heteroatoms. The molecular weight excluding hydrogens is 737 g/mol. The van der Waals surface area contributed by atoms with Crippen molar-refractivity contribution in [2.75, 3.05) is 4.90 Å². The zero-order valence-electron chi connectivity index (χ0n) is 37.0.